The highest BCUT2D eigenvalue weighted by Gasteiger charge is 2.34. The molecule has 0 N–H and O–H groups in total. The summed E-state index contributed by atoms with van der Waals surface area (Å²) in [5.41, 5.74) is 0. The molecule has 3 nitrogen and oxygen atoms in total. The Labute approximate surface area is 67.2 Å². The van der Waals surface area contributed by atoms with E-state index in [0.717, 1.165) is 0 Å². The van der Waals surface area contributed by atoms with E-state index >= 15 is 0 Å². The summed E-state index contributed by atoms with van der Waals surface area (Å²) in [6.07, 6.45) is 0.672. The van der Waals surface area contributed by atoms with Crippen LogP contribution in [-0.2, 0) is 9.84 Å². The van der Waals surface area contributed by atoms with Crippen LogP contribution in [0.5, 0.6) is 0 Å². The molecule has 0 amide bonds. The molecule has 62 valence electrons. The molecule has 0 spiro atoms. The molecule has 1 fully saturated rings. The maximum absolute atomic E-state index is 11.0. The lowest BCUT2D eigenvalue weighted by atomic mass is 10.0. The van der Waals surface area contributed by atoms with E-state index in [-0.39, 0.29) is 23.5 Å². The Hall–Kier alpha value is -0.560. The predicted molar refractivity (Wildman–Crippen MR) is 42.8 cm³/mol. The zero-order chi connectivity index (χ0) is 8.48. The fourth-order valence-corrected chi connectivity index (χ4v) is 3.24. The van der Waals surface area contributed by atoms with E-state index < -0.39 is 9.84 Å². The van der Waals surface area contributed by atoms with E-state index in [0.29, 0.717) is 6.42 Å². The van der Waals surface area contributed by atoms with Crippen molar-refractivity contribution in [3.8, 4) is 0 Å². The van der Waals surface area contributed by atoms with Crippen molar-refractivity contribution in [2.24, 2.45) is 5.92 Å². The van der Waals surface area contributed by atoms with Gasteiger partial charge >= 0.3 is 0 Å². The largest absolute Gasteiger partial charge is 0.314 e. The fourth-order valence-electron chi connectivity index (χ4n) is 1.31. The quantitative estimate of drug-likeness (QED) is 0.548. The lowest BCUT2D eigenvalue weighted by Gasteiger charge is -2.03. The van der Waals surface area contributed by atoms with Crippen molar-refractivity contribution in [1.29, 1.82) is 0 Å². The normalized spacial score (nSPS) is 31.1. The lowest BCUT2D eigenvalue weighted by molar-refractivity contribution is 0.542. The molecule has 0 aliphatic carbocycles. The van der Waals surface area contributed by atoms with Crippen LogP contribution in [0, 0.1) is 12.5 Å². The first kappa shape index (κ1) is 8.54. The van der Waals surface area contributed by atoms with Gasteiger partial charge in [-0.25, -0.2) is 15.0 Å². The average molecular weight is 173 g/mol. The van der Waals surface area contributed by atoms with Crippen LogP contribution in [0.1, 0.15) is 13.3 Å². The van der Waals surface area contributed by atoms with Crippen LogP contribution in [0.15, 0.2) is 0 Å². The van der Waals surface area contributed by atoms with Crippen molar-refractivity contribution < 1.29 is 8.42 Å². The highest BCUT2D eigenvalue weighted by atomic mass is 32.2. The van der Waals surface area contributed by atoms with Gasteiger partial charge in [0.25, 0.3) is 0 Å². The molecule has 4 heteroatoms. The second-order valence-electron chi connectivity index (χ2n) is 3.03. The predicted octanol–water partition coefficient (Wildman–Crippen LogP) is 0.729. The molecule has 1 heterocycles. The van der Waals surface area contributed by atoms with Crippen LogP contribution in [-0.4, -0.2) is 26.0 Å². The third-order valence-electron chi connectivity index (χ3n) is 2.15. The summed E-state index contributed by atoms with van der Waals surface area (Å²) in [4.78, 5) is 3.32. The van der Waals surface area contributed by atoms with Crippen molar-refractivity contribution in [3.63, 3.8) is 0 Å². The molecule has 1 aliphatic rings. The third-order valence-corrected chi connectivity index (χ3v) is 3.95. The molecule has 1 saturated heterocycles. The summed E-state index contributed by atoms with van der Waals surface area (Å²) >= 11 is 0. The number of nitrogens with zero attached hydrogens (tertiary/aromatic N) is 1. The lowest BCUT2D eigenvalue weighted by Crippen LogP contribution is -2.14. The Morgan fingerprint density at radius 3 is 2.64 bits per heavy atom. The Bertz CT molecular complexity index is 275. The zero-order valence-corrected chi connectivity index (χ0v) is 7.26. The topological polar surface area (TPSA) is 38.5 Å². The number of sulfone groups is 1. The molecule has 0 aromatic carbocycles. The Balaban J connectivity index is 2.64. The Kier molecular flexibility index (Phi) is 2.19. The molecule has 2 atom stereocenters. The van der Waals surface area contributed by atoms with Crippen molar-refractivity contribution in [1.82, 2.24) is 0 Å². The minimum Gasteiger partial charge on any atom is -0.314 e. The van der Waals surface area contributed by atoms with Crippen LogP contribution in [0.4, 0.5) is 0 Å². The van der Waals surface area contributed by atoms with Gasteiger partial charge in [-0.2, -0.15) is 0 Å². The standard InChI is InChI=1S/C7H11NO2S/c1-6(8-2)7-3-4-11(9,10)5-7/h6-7H,3-5H2,1H3. The van der Waals surface area contributed by atoms with Gasteiger partial charge in [-0.15, -0.1) is 0 Å². The highest BCUT2D eigenvalue weighted by molar-refractivity contribution is 7.91. The Morgan fingerprint density at radius 2 is 2.27 bits per heavy atom. The minimum atomic E-state index is -2.79. The summed E-state index contributed by atoms with van der Waals surface area (Å²) in [6.45, 7) is 8.52. The molecular weight excluding hydrogens is 162 g/mol. The van der Waals surface area contributed by atoms with Gasteiger partial charge in [0.05, 0.1) is 11.5 Å². The highest BCUT2D eigenvalue weighted by Crippen LogP contribution is 2.23. The summed E-state index contributed by atoms with van der Waals surface area (Å²) in [5.74, 6) is 0.575. The third kappa shape index (κ3) is 1.93. The SMILES string of the molecule is [C-]#[N+]C(C)C1CCS(=O)(=O)C1. The van der Waals surface area contributed by atoms with E-state index in [1.54, 1.807) is 6.92 Å². The second kappa shape index (κ2) is 2.82. The van der Waals surface area contributed by atoms with E-state index in [1.807, 2.05) is 0 Å². The average Bonchev–Trinajstić information content (AvgIpc) is 2.29. The molecule has 0 bridgehead atoms. The van der Waals surface area contributed by atoms with Crippen molar-refractivity contribution in [2.75, 3.05) is 11.5 Å². The summed E-state index contributed by atoms with van der Waals surface area (Å²) in [5, 5.41) is 0. The smallest absolute Gasteiger partial charge is 0.224 e. The van der Waals surface area contributed by atoms with E-state index in [9.17, 15) is 8.42 Å². The van der Waals surface area contributed by atoms with Gasteiger partial charge in [0.1, 0.15) is 0 Å². The molecule has 0 aromatic heterocycles. The van der Waals surface area contributed by atoms with Gasteiger partial charge in [-0.05, 0) is 6.42 Å². The van der Waals surface area contributed by atoms with Crippen LogP contribution < -0.4 is 0 Å². The second-order valence-corrected chi connectivity index (χ2v) is 5.26. The zero-order valence-electron chi connectivity index (χ0n) is 6.45. The molecule has 11 heavy (non-hydrogen) atoms. The minimum absolute atomic E-state index is 0.0810. The maximum Gasteiger partial charge on any atom is 0.224 e. The van der Waals surface area contributed by atoms with Crippen LogP contribution >= 0.6 is 0 Å². The Morgan fingerprint density at radius 1 is 1.64 bits per heavy atom. The molecule has 0 saturated carbocycles. The molecule has 1 rings (SSSR count). The van der Waals surface area contributed by atoms with Gasteiger partial charge in [0, 0.05) is 12.8 Å². The van der Waals surface area contributed by atoms with Crippen molar-refractivity contribution in [2.45, 2.75) is 19.4 Å². The van der Waals surface area contributed by atoms with E-state index in [1.165, 1.54) is 0 Å². The van der Waals surface area contributed by atoms with Gasteiger partial charge < -0.3 is 4.85 Å². The first-order chi connectivity index (χ1) is 5.05. The van der Waals surface area contributed by atoms with Crippen molar-refractivity contribution in [3.05, 3.63) is 11.4 Å². The van der Waals surface area contributed by atoms with Gasteiger partial charge in [-0.1, -0.05) is 0 Å². The van der Waals surface area contributed by atoms with Crippen LogP contribution in [0.25, 0.3) is 4.85 Å². The van der Waals surface area contributed by atoms with Gasteiger partial charge in [0.15, 0.2) is 9.84 Å². The molecular formula is C7H11NO2S. The van der Waals surface area contributed by atoms with Gasteiger partial charge in [0.2, 0.25) is 6.04 Å². The molecule has 2 unspecified atom stereocenters. The monoisotopic (exact) mass is 173 g/mol. The first-order valence-electron chi connectivity index (χ1n) is 3.62. The summed E-state index contributed by atoms with van der Waals surface area (Å²) in [7, 11) is -2.79. The van der Waals surface area contributed by atoms with Gasteiger partial charge in [-0.3, -0.25) is 0 Å². The van der Waals surface area contributed by atoms with E-state index in [4.69, 9.17) is 6.57 Å². The maximum atomic E-state index is 11.0. The van der Waals surface area contributed by atoms with E-state index in [2.05, 4.69) is 4.85 Å². The first-order valence-corrected chi connectivity index (χ1v) is 5.44. The molecule has 0 radical (unpaired) electrons. The van der Waals surface area contributed by atoms with Crippen LogP contribution in [0.2, 0.25) is 0 Å². The van der Waals surface area contributed by atoms with Crippen LogP contribution in [0.3, 0.4) is 0 Å². The summed E-state index contributed by atoms with van der Waals surface area (Å²) in [6, 6.07) is -0.132. The fraction of sp³-hybridized carbons (Fsp3) is 0.857. The summed E-state index contributed by atoms with van der Waals surface area (Å²) < 4.78 is 21.9. The molecule has 0 aromatic rings. The number of hydrogen-bond acceptors (Lipinski definition) is 2. The number of rotatable bonds is 1. The molecule has 1 aliphatic heterocycles. The number of hydrogen-bond donors (Lipinski definition) is 0. The van der Waals surface area contributed by atoms with Crippen molar-refractivity contribution >= 4 is 9.84 Å².